The summed E-state index contributed by atoms with van der Waals surface area (Å²) in [4.78, 5) is 11.8. The van der Waals surface area contributed by atoms with Crippen molar-refractivity contribution in [2.75, 3.05) is 5.32 Å². The Morgan fingerprint density at radius 2 is 2.47 bits per heavy atom. The number of carbonyl (C=O) groups excluding carboxylic acids is 1. The summed E-state index contributed by atoms with van der Waals surface area (Å²) in [7, 11) is 0. The summed E-state index contributed by atoms with van der Waals surface area (Å²) < 4.78 is 4.63. The quantitative estimate of drug-likeness (QED) is 0.765. The largest absolute Gasteiger partial charge is 0.363 e. The number of aromatic nitrogens is 1. The molecule has 0 aromatic carbocycles. The van der Waals surface area contributed by atoms with Gasteiger partial charge in [-0.25, -0.2) is 0 Å². The molecule has 5 heteroatoms. The second-order valence-electron chi connectivity index (χ2n) is 4.03. The van der Waals surface area contributed by atoms with Crippen molar-refractivity contribution in [3.8, 4) is 0 Å². The van der Waals surface area contributed by atoms with Gasteiger partial charge in [-0.05, 0) is 19.3 Å². The van der Waals surface area contributed by atoms with Crippen LogP contribution < -0.4 is 11.1 Å². The van der Waals surface area contributed by atoms with Crippen LogP contribution in [0.2, 0.25) is 0 Å². The summed E-state index contributed by atoms with van der Waals surface area (Å²) in [6.45, 7) is 0. The van der Waals surface area contributed by atoms with Gasteiger partial charge < -0.3 is 15.6 Å². The monoisotopic (exact) mass is 209 g/mol. The van der Waals surface area contributed by atoms with E-state index in [1.807, 2.05) is 0 Å². The fraction of sp³-hybridized carbons (Fsp3) is 0.600. The zero-order valence-corrected chi connectivity index (χ0v) is 8.48. The lowest BCUT2D eigenvalue weighted by atomic mass is 9.85. The van der Waals surface area contributed by atoms with Gasteiger partial charge in [0, 0.05) is 12.0 Å². The van der Waals surface area contributed by atoms with Gasteiger partial charge in [0.2, 0.25) is 5.91 Å². The number of hydrogen-bond acceptors (Lipinski definition) is 4. The number of nitrogens with one attached hydrogen (secondary N) is 1. The van der Waals surface area contributed by atoms with Gasteiger partial charge in [-0.15, -0.1) is 0 Å². The fourth-order valence-corrected chi connectivity index (χ4v) is 1.98. The summed E-state index contributed by atoms with van der Waals surface area (Å²) in [5, 5.41) is 6.28. The Labute approximate surface area is 88.0 Å². The summed E-state index contributed by atoms with van der Waals surface area (Å²) >= 11 is 0. The molecule has 2 atom stereocenters. The molecule has 1 aromatic heterocycles. The first kappa shape index (κ1) is 10.2. The van der Waals surface area contributed by atoms with E-state index < -0.39 is 0 Å². The van der Waals surface area contributed by atoms with Crippen LogP contribution in [-0.4, -0.2) is 17.1 Å². The minimum absolute atomic E-state index is 0.0216. The van der Waals surface area contributed by atoms with Gasteiger partial charge >= 0.3 is 0 Å². The number of nitrogens with zero attached hydrogens (tertiary/aromatic N) is 1. The first-order chi connectivity index (χ1) is 7.25. The Morgan fingerprint density at radius 3 is 3.13 bits per heavy atom. The SMILES string of the molecule is NC1CCCC(C(=O)Nc2cnoc2)C1. The van der Waals surface area contributed by atoms with Gasteiger partial charge in [-0.3, -0.25) is 4.79 Å². The lowest BCUT2D eigenvalue weighted by Crippen LogP contribution is -2.34. The van der Waals surface area contributed by atoms with Crippen LogP contribution in [0.5, 0.6) is 0 Å². The van der Waals surface area contributed by atoms with Crippen LogP contribution in [0, 0.1) is 5.92 Å². The molecular formula is C10H15N3O2. The van der Waals surface area contributed by atoms with E-state index in [4.69, 9.17) is 5.73 Å². The molecule has 0 saturated heterocycles. The third-order valence-electron chi connectivity index (χ3n) is 2.79. The molecule has 0 spiro atoms. The average molecular weight is 209 g/mol. The molecule has 1 aliphatic carbocycles. The van der Waals surface area contributed by atoms with Gasteiger partial charge in [-0.2, -0.15) is 0 Å². The molecule has 3 N–H and O–H groups in total. The molecular weight excluding hydrogens is 194 g/mol. The first-order valence-electron chi connectivity index (χ1n) is 5.21. The van der Waals surface area contributed by atoms with E-state index >= 15 is 0 Å². The predicted molar refractivity (Wildman–Crippen MR) is 55.1 cm³/mol. The minimum atomic E-state index is 0.0216. The standard InChI is InChI=1S/C10H15N3O2/c11-8-3-1-2-7(4-8)10(14)13-9-5-12-15-6-9/h5-8H,1-4,11H2,(H,13,14). The molecule has 2 rings (SSSR count). The van der Waals surface area contributed by atoms with Crippen molar-refractivity contribution in [1.29, 1.82) is 0 Å². The van der Waals surface area contributed by atoms with Gasteiger partial charge in [0.25, 0.3) is 0 Å². The van der Waals surface area contributed by atoms with Crippen molar-refractivity contribution in [2.24, 2.45) is 11.7 Å². The van der Waals surface area contributed by atoms with E-state index in [1.165, 1.54) is 12.5 Å². The van der Waals surface area contributed by atoms with Crippen LogP contribution in [0.25, 0.3) is 0 Å². The summed E-state index contributed by atoms with van der Waals surface area (Å²) in [6, 6.07) is 0.164. The van der Waals surface area contributed by atoms with Crippen LogP contribution in [-0.2, 0) is 4.79 Å². The number of rotatable bonds is 2. The van der Waals surface area contributed by atoms with Crippen molar-refractivity contribution in [3.05, 3.63) is 12.5 Å². The van der Waals surface area contributed by atoms with Crippen LogP contribution in [0.4, 0.5) is 5.69 Å². The highest BCUT2D eigenvalue weighted by atomic mass is 16.5. The zero-order chi connectivity index (χ0) is 10.7. The van der Waals surface area contributed by atoms with Crippen molar-refractivity contribution in [3.63, 3.8) is 0 Å². The molecule has 2 unspecified atom stereocenters. The highest BCUT2D eigenvalue weighted by Crippen LogP contribution is 2.24. The second kappa shape index (κ2) is 4.44. The van der Waals surface area contributed by atoms with Crippen LogP contribution in [0.3, 0.4) is 0 Å². The van der Waals surface area contributed by atoms with E-state index in [2.05, 4.69) is 15.0 Å². The van der Waals surface area contributed by atoms with E-state index in [-0.39, 0.29) is 17.9 Å². The molecule has 1 amide bonds. The third kappa shape index (κ3) is 2.56. The van der Waals surface area contributed by atoms with Crippen molar-refractivity contribution < 1.29 is 9.32 Å². The summed E-state index contributed by atoms with van der Waals surface area (Å²) in [5.41, 5.74) is 6.44. The van der Waals surface area contributed by atoms with Crippen molar-refractivity contribution in [1.82, 2.24) is 5.16 Å². The number of nitrogens with two attached hydrogens (primary N) is 1. The van der Waals surface area contributed by atoms with Crippen LogP contribution in [0.15, 0.2) is 17.0 Å². The topological polar surface area (TPSA) is 81.2 Å². The van der Waals surface area contributed by atoms with Gasteiger partial charge in [0.05, 0.1) is 6.20 Å². The molecule has 0 aliphatic heterocycles. The number of carbonyl (C=O) groups is 1. The Hall–Kier alpha value is -1.36. The zero-order valence-electron chi connectivity index (χ0n) is 8.48. The normalized spacial score (nSPS) is 26.2. The number of hydrogen-bond donors (Lipinski definition) is 2. The Bertz CT molecular complexity index is 323. The average Bonchev–Trinajstić information content (AvgIpc) is 2.70. The highest BCUT2D eigenvalue weighted by Gasteiger charge is 2.25. The Balaban J connectivity index is 1.90. The van der Waals surface area contributed by atoms with Crippen molar-refractivity contribution in [2.45, 2.75) is 31.7 Å². The second-order valence-corrected chi connectivity index (χ2v) is 4.03. The van der Waals surface area contributed by atoms with E-state index in [0.717, 1.165) is 25.7 Å². The third-order valence-corrected chi connectivity index (χ3v) is 2.79. The Morgan fingerprint density at radius 1 is 1.60 bits per heavy atom. The van der Waals surface area contributed by atoms with Crippen LogP contribution in [0.1, 0.15) is 25.7 Å². The first-order valence-corrected chi connectivity index (χ1v) is 5.21. The lowest BCUT2D eigenvalue weighted by molar-refractivity contribution is -0.120. The number of anilines is 1. The maximum atomic E-state index is 11.8. The fourth-order valence-electron chi connectivity index (χ4n) is 1.98. The van der Waals surface area contributed by atoms with E-state index in [1.54, 1.807) is 0 Å². The predicted octanol–water partition coefficient (Wildman–Crippen LogP) is 1.13. The molecule has 15 heavy (non-hydrogen) atoms. The van der Waals surface area contributed by atoms with Crippen molar-refractivity contribution >= 4 is 11.6 Å². The van der Waals surface area contributed by atoms with Crippen LogP contribution >= 0.6 is 0 Å². The summed E-state index contributed by atoms with van der Waals surface area (Å²) in [6.07, 6.45) is 6.66. The molecule has 1 aromatic rings. The molecule has 0 radical (unpaired) electrons. The molecule has 1 saturated carbocycles. The molecule has 82 valence electrons. The minimum Gasteiger partial charge on any atom is -0.363 e. The molecule has 1 fully saturated rings. The van der Waals surface area contributed by atoms with Gasteiger partial charge in [-0.1, -0.05) is 11.6 Å². The van der Waals surface area contributed by atoms with E-state index in [9.17, 15) is 4.79 Å². The van der Waals surface area contributed by atoms with Gasteiger partial charge in [0.1, 0.15) is 12.0 Å². The Kier molecular flexibility index (Phi) is 3.01. The summed E-state index contributed by atoms with van der Waals surface area (Å²) in [5.74, 6) is 0.0528. The molecule has 5 nitrogen and oxygen atoms in total. The molecule has 1 heterocycles. The smallest absolute Gasteiger partial charge is 0.227 e. The highest BCUT2D eigenvalue weighted by molar-refractivity contribution is 5.92. The maximum Gasteiger partial charge on any atom is 0.227 e. The maximum absolute atomic E-state index is 11.8. The van der Waals surface area contributed by atoms with Gasteiger partial charge in [0.15, 0.2) is 0 Å². The van der Waals surface area contributed by atoms with E-state index in [0.29, 0.717) is 5.69 Å². The number of amides is 1. The molecule has 0 bridgehead atoms. The lowest BCUT2D eigenvalue weighted by Gasteiger charge is -2.25. The molecule has 1 aliphatic rings.